The molecule has 1 aliphatic heterocycles. The Kier molecular flexibility index (Phi) is 6.62. The molecule has 1 fully saturated rings. The first-order valence-electron chi connectivity index (χ1n) is 10.1. The van der Waals surface area contributed by atoms with Gasteiger partial charge in [0.25, 0.3) is 5.91 Å². The second kappa shape index (κ2) is 9.55. The molecular weight excluding hydrogens is 444 g/mol. The maximum Gasteiger partial charge on any atom is 0.251 e. The molecule has 0 aliphatic carbocycles. The molecule has 1 unspecified atom stereocenters. The molecule has 1 saturated heterocycles. The minimum Gasteiger partial charge on any atom is -0.376 e. The molecule has 2 aromatic carbocycles. The lowest BCUT2D eigenvalue weighted by Crippen LogP contribution is -2.40. The highest BCUT2D eigenvalue weighted by molar-refractivity contribution is 9.10. The number of hydrogen-bond donors (Lipinski definition) is 1. The van der Waals surface area contributed by atoms with Crippen LogP contribution < -0.4 is 5.32 Å². The van der Waals surface area contributed by atoms with Gasteiger partial charge in [-0.25, -0.2) is 4.68 Å². The van der Waals surface area contributed by atoms with Gasteiger partial charge < -0.3 is 10.1 Å². The molecule has 1 amide bonds. The van der Waals surface area contributed by atoms with Crippen molar-refractivity contribution < 1.29 is 9.53 Å². The van der Waals surface area contributed by atoms with Gasteiger partial charge >= 0.3 is 0 Å². The zero-order valence-electron chi connectivity index (χ0n) is 16.9. The summed E-state index contributed by atoms with van der Waals surface area (Å²) in [5.74, 6) is -0.0874. The molecule has 4 rings (SSSR count). The molecule has 6 nitrogen and oxygen atoms in total. The Morgan fingerprint density at radius 1 is 1.23 bits per heavy atom. The third kappa shape index (κ3) is 5.36. The quantitative estimate of drug-likeness (QED) is 0.597. The number of aromatic nitrogens is 2. The molecule has 0 saturated carbocycles. The molecule has 1 atom stereocenters. The van der Waals surface area contributed by atoms with Crippen molar-refractivity contribution in [2.45, 2.75) is 26.1 Å². The maximum atomic E-state index is 12.5. The lowest BCUT2D eigenvalue weighted by atomic mass is 10.1. The van der Waals surface area contributed by atoms with E-state index in [1.54, 1.807) is 10.9 Å². The van der Waals surface area contributed by atoms with Crippen LogP contribution in [0.15, 0.2) is 65.4 Å². The first kappa shape index (κ1) is 20.8. The van der Waals surface area contributed by atoms with E-state index in [-0.39, 0.29) is 12.0 Å². The minimum atomic E-state index is -0.0874. The highest BCUT2D eigenvalue weighted by atomic mass is 79.9. The number of carbonyl (C=O) groups is 1. The van der Waals surface area contributed by atoms with Crippen molar-refractivity contribution in [2.24, 2.45) is 0 Å². The molecule has 0 radical (unpaired) electrons. The summed E-state index contributed by atoms with van der Waals surface area (Å²) in [6.07, 6.45) is 3.89. The second-order valence-corrected chi connectivity index (χ2v) is 8.48. The maximum absolute atomic E-state index is 12.5. The molecule has 30 heavy (non-hydrogen) atoms. The Balaban J connectivity index is 1.33. The molecule has 1 aliphatic rings. The van der Waals surface area contributed by atoms with Gasteiger partial charge in [-0.1, -0.05) is 24.3 Å². The predicted octanol–water partition coefficient (Wildman–Crippen LogP) is 3.79. The van der Waals surface area contributed by atoms with Crippen molar-refractivity contribution in [3.8, 4) is 5.69 Å². The number of nitrogens with one attached hydrogen (secondary N) is 1. The van der Waals surface area contributed by atoms with Crippen LogP contribution in [0.4, 0.5) is 0 Å². The van der Waals surface area contributed by atoms with Gasteiger partial charge in [0.15, 0.2) is 0 Å². The summed E-state index contributed by atoms with van der Waals surface area (Å²) < 4.78 is 8.28. The lowest BCUT2D eigenvalue weighted by molar-refractivity contribution is -0.0212. The van der Waals surface area contributed by atoms with E-state index in [1.807, 2.05) is 36.5 Å². The van der Waals surface area contributed by atoms with Crippen molar-refractivity contribution in [2.75, 3.05) is 19.7 Å². The number of halogens is 1. The number of amides is 1. The summed E-state index contributed by atoms with van der Waals surface area (Å²) in [5, 5.41) is 7.26. The molecule has 3 aromatic rings. The van der Waals surface area contributed by atoms with Crippen LogP contribution in [0.1, 0.15) is 28.4 Å². The largest absolute Gasteiger partial charge is 0.376 e. The third-order valence-electron chi connectivity index (χ3n) is 5.12. The summed E-state index contributed by atoms with van der Waals surface area (Å²) in [4.78, 5) is 15.0. The van der Waals surface area contributed by atoms with E-state index in [0.29, 0.717) is 12.1 Å². The molecule has 156 valence electrons. The van der Waals surface area contributed by atoms with Gasteiger partial charge in [-0.05, 0) is 58.2 Å². The monoisotopic (exact) mass is 468 g/mol. The van der Waals surface area contributed by atoms with Gasteiger partial charge in [-0.3, -0.25) is 9.69 Å². The fraction of sp³-hybridized carbons (Fsp3) is 0.304. The third-order valence-corrected chi connectivity index (χ3v) is 5.53. The zero-order valence-corrected chi connectivity index (χ0v) is 18.5. The number of benzene rings is 2. The Hall–Kier alpha value is -2.48. The van der Waals surface area contributed by atoms with Crippen molar-refractivity contribution in [3.63, 3.8) is 0 Å². The van der Waals surface area contributed by atoms with Gasteiger partial charge in [0.2, 0.25) is 0 Å². The zero-order chi connectivity index (χ0) is 20.9. The van der Waals surface area contributed by atoms with E-state index in [1.165, 1.54) is 5.56 Å². The standard InChI is InChI=1S/C23H25BrN4O2/c1-17-14-27(9-10-30-17)15-19-4-2-3-18(11-19)12-25-23(29)20-5-7-22(8-6-20)28-16-21(24)13-26-28/h2-8,11,13,16-17H,9-10,12,14-15H2,1H3,(H,25,29). The highest BCUT2D eigenvalue weighted by Crippen LogP contribution is 2.14. The van der Waals surface area contributed by atoms with E-state index >= 15 is 0 Å². The average Bonchev–Trinajstić information content (AvgIpc) is 3.19. The van der Waals surface area contributed by atoms with E-state index < -0.39 is 0 Å². The van der Waals surface area contributed by atoms with Crippen LogP contribution in [0.25, 0.3) is 5.69 Å². The Labute approximate surface area is 185 Å². The smallest absolute Gasteiger partial charge is 0.251 e. The summed E-state index contributed by atoms with van der Waals surface area (Å²) in [5.41, 5.74) is 3.89. The number of rotatable bonds is 6. The summed E-state index contributed by atoms with van der Waals surface area (Å²) in [6, 6.07) is 15.8. The van der Waals surface area contributed by atoms with Gasteiger partial charge in [0.1, 0.15) is 0 Å². The molecular formula is C23H25BrN4O2. The first-order chi connectivity index (χ1) is 14.6. The molecule has 0 bridgehead atoms. The number of nitrogens with zero attached hydrogens (tertiary/aromatic N) is 3. The van der Waals surface area contributed by atoms with E-state index in [0.717, 1.165) is 42.0 Å². The van der Waals surface area contributed by atoms with E-state index in [9.17, 15) is 4.79 Å². The number of ether oxygens (including phenoxy) is 1. The molecule has 1 aromatic heterocycles. The molecule has 0 spiro atoms. The van der Waals surface area contributed by atoms with Crippen molar-refractivity contribution in [3.05, 3.63) is 82.1 Å². The summed E-state index contributed by atoms with van der Waals surface area (Å²) in [7, 11) is 0. The van der Waals surface area contributed by atoms with Crippen LogP contribution in [0.2, 0.25) is 0 Å². The Morgan fingerprint density at radius 2 is 2.03 bits per heavy atom. The molecule has 2 heterocycles. The lowest BCUT2D eigenvalue weighted by Gasteiger charge is -2.31. The van der Waals surface area contributed by atoms with Crippen molar-refractivity contribution in [1.29, 1.82) is 0 Å². The van der Waals surface area contributed by atoms with E-state index in [2.05, 4.69) is 56.4 Å². The molecule has 7 heteroatoms. The van der Waals surface area contributed by atoms with Crippen LogP contribution in [0.3, 0.4) is 0 Å². The van der Waals surface area contributed by atoms with Crippen molar-refractivity contribution >= 4 is 21.8 Å². The minimum absolute atomic E-state index is 0.0874. The van der Waals surface area contributed by atoms with Gasteiger partial charge in [-0.15, -0.1) is 0 Å². The fourth-order valence-corrected chi connectivity index (χ4v) is 3.91. The summed E-state index contributed by atoms with van der Waals surface area (Å²) >= 11 is 3.39. The van der Waals surface area contributed by atoms with Crippen LogP contribution in [-0.4, -0.2) is 46.4 Å². The van der Waals surface area contributed by atoms with Crippen molar-refractivity contribution in [1.82, 2.24) is 20.0 Å². The second-order valence-electron chi connectivity index (χ2n) is 7.57. The average molecular weight is 469 g/mol. The van der Waals surface area contributed by atoms with Gasteiger partial charge in [0.05, 0.1) is 29.1 Å². The SMILES string of the molecule is CC1CN(Cc2cccc(CNC(=O)c3ccc(-n4cc(Br)cn4)cc3)c2)CCO1. The van der Waals surface area contributed by atoms with E-state index in [4.69, 9.17) is 4.74 Å². The van der Waals surface area contributed by atoms with Crippen LogP contribution in [-0.2, 0) is 17.8 Å². The topological polar surface area (TPSA) is 59.4 Å². The summed E-state index contributed by atoms with van der Waals surface area (Å²) in [6.45, 7) is 6.20. The normalized spacial score (nSPS) is 17.1. The Morgan fingerprint density at radius 3 is 2.77 bits per heavy atom. The number of hydrogen-bond acceptors (Lipinski definition) is 4. The van der Waals surface area contributed by atoms with Crippen LogP contribution in [0.5, 0.6) is 0 Å². The first-order valence-corrected chi connectivity index (χ1v) is 10.9. The molecule has 1 N–H and O–H groups in total. The Bertz CT molecular complexity index is 1000. The highest BCUT2D eigenvalue weighted by Gasteiger charge is 2.16. The predicted molar refractivity (Wildman–Crippen MR) is 120 cm³/mol. The van der Waals surface area contributed by atoms with Crippen LogP contribution >= 0.6 is 15.9 Å². The van der Waals surface area contributed by atoms with Crippen LogP contribution in [0, 0.1) is 0 Å². The number of carbonyl (C=O) groups excluding carboxylic acids is 1. The van der Waals surface area contributed by atoms with Gasteiger partial charge in [0, 0.05) is 37.9 Å². The van der Waals surface area contributed by atoms with Gasteiger partial charge in [-0.2, -0.15) is 5.10 Å². The fourth-order valence-electron chi connectivity index (χ4n) is 3.62. The number of morpholine rings is 1.